The van der Waals surface area contributed by atoms with Crippen molar-refractivity contribution in [2.24, 2.45) is 23.2 Å². The van der Waals surface area contributed by atoms with Crippen LogP contribution in [0.4, 0.5) is 5.69 Å². The molecule has 0 saturated heterocycles. The maximum atomic E-state index is 12.8. The fraction of sp³-hybridized carbons (Fsp3) is 0.600. The maximum Gasteiger partial charge on any atom is 0.243 e. The lowest BCUT2D eigenvalue weighted by molar-refractivity contribution is -0.146. The summed E-state index contributed by atoms with van der Waals surface area (Å²) in [5, 5.41) is 5.72. The molecule has 1 aromatic rings. The van der Waals surface area contributed by atoms with Gasteiger partial charge in [-0.3, -0.25) is 9.59 Å². The molecule has 4 bridgehead atoms. The first kappa shape index (κ1) is 16.4. The zero-order valence-electron chi connectivity index (χ0n) is 14.7. The van der Waals surface area contributed by atoms with Crippen LogP contribution in [0.3, 0.4) is 0 Å². The number of anilines is 1. The van der Waals surface area contributed by atoms with E-state index in [9.17, 15) is 9.59 Å². The lowest BCUT2D eigenvalue weighted by atomic mass is 9.49. The summed E-state index contributed by atoms with van der Waals surface area (Å²) in [5.74, 6) is 2.75. The van der Waals surface area contributed by atoms with Crippen LogP contribution in [-0.2, 0) is 9.59 Å². The van der Waals surface area contributed by atoms with Crippen LogP contribution in [0, 0.1) is 23.2 Å². The molecule has 2 amide bonds. The first-order valence-corrected chi connectivity index (χ1v) is 9.28. The summed E-state index contributed by atoms with van der Waals surface area (Å²) in [4.78, 5) is 25.0. The number of methoxy groups -OCH3 is 1. The van der Waals surface area contributed by atoms with Gasteiger partial charge in [0.15, 0.2) is 0 Å². The molecule has 0 unspecified atom stereocenters. The lowest BCUT2D eigenvalue weighted by Crippen LogP contribution is -2.54. The third kappa shape index (κ3) is 3.24. The number of ether oxygens (including phenoxy) is 1. The first-order valence-electron chi connectivity index (χ1n) is 9.28. The number of carbonyl (C=O) groups is 2. The number of rotatable bonds is 5. The Morgan fingerprint density at radius 1 is 1.12 bits per heavy atom. The fourth-order valence-corrected chi connectivity index (χ4v) is 5.64. The Morgan fingerprint density at radius 2 is 1.76 bits per heavy atom. The van der Waals surface area contributed by atoms with Gasteiger partial charge in [-0.1, -0.05) is 6.07 Å². The van der Waals surface area contributed by atoms with Crippen molar-refractivity contribution >= 4 is 17.5 Å². The normalized spacial score (nSPS) is 32.3. The van der Waals surface area contributed by atoms with E-state index in [0.29, 0.717) is 11.4 Å². The van der Waals surface area contributed by atoms with Gasteiger partial charge in [0.05, 0.1) is 13.7 Å². The van der Waals surface area contributed by atoms with Crippen LogP contribution >= 0.6 is 0 Å². The zero-order chi connectivity index (χ0) is 17.4. The second-order valence-electron chi connectivity index (χ2n) is 8.16. The Labute approximate surface area is 148 Å². The molecule has 1 aromatic carbocycles. The molecule has 0 atom stereocenters. The molecule has 4 aliphatic carbocycles. The molecule has 5 rings (SSSR count). The minimum Gasteiger partial charge on any atom is -0.497 e. The van der Waals surface area contributed by atoms with Crippen molar-refractivity contribution in [2.75, 3.05) is 19.0 Å². The van der Waals surface area contributed by atoms with Gasteiger partial charge < -0.3 is 15.4 Å². The molecule has 4 saturated carbocycles. The second-order valence-corrected chi connectivity index (χ2v) is 8.16. The van der Waals surface area contributed by atoms with Crippen molar-refractivity contribution in [1.82, 2.24) is 5.32 Å². The van der Waals surface area contributed by atoms with Crippen LogP contribution in [0.5, 0.6) is 5.75 Å². The van der Waals surface area contributed by atoms with Gasteiger partial charge in [-0.15, -0.1) is 0 Å². The van der Waals surface area contributed by atoms with E-state index in [1.165, 1.54) is 19.3 Å². The number of hydrogen-bond donors (Lipinski definition) is 2. The number of amides is 2. The SMILES string of the molecule is COc1cccc(NC(=O)CNC(=O)C23CC4CC(CC(C4)C2)C3)c1. The Hall–Kier alpha value is -2.04. The van der Waals surface area contributed by atoms with Crippen molar-refractivity contribution in [2.45, 2.75) is 38.5 Å². The number of benzene rings is 1. The minimum atomic E-state index is -0.203. The molecule has 2 N–H and O–H groups in total. The Kier molecular flexibility index (Phi) is 4.18. The summed E-state index contributed by atoms with van der Waals surface area (Å²) in [6.07, 6.45) is 6.97. The largest absolute Gasteiger partial charge is 0.497 e. The predicted octanol–water partition coefficient (Wildman–Crippen LogP) is 2.97. The van der Waals surface area contributed by atoms with E-state index < -0.39 is 0 Å². The lowest BCUT2D eigenvalue weighted by Gasteiger charge is -2.55. The first-order chi connectivity index (χ1) is 12.1. The molecule has 5 heteroatoms. The molecule has 0 heterocycles. The van der Waals surface area contributed by atoms with Crippen LogP contribution in [0.25, 0.3) is 0 Å². The molecule has 134 valence electrons. The third-order valence-electron chi connectivity index (χ3n) is 6.28. The van der Waals surface area contributed by atoms with E-state index in [-0.39, 0.29) is 23.8 Å². The zero-order valence-corrected chi connectivity index (χ0v) is 14.7. The van der Waals surface area contributed by atoms with E-state index in [4.69, 9.17) is 4.74 Å². The van der Waals surface area contributed by atoms with Crippen LogP contribution in [0.2, 0.25) is 0 Å². The van der Waals surface area contributed by atoms with Gasteiger partial charge >= 0.3 is 0 Å². The van der Waals surface area contributed by atoms with Gasteiger partial charge in [0.2, 0.25) is 11.8 Å². The third-order valence-corrected chi connectivity index (χ3v) is 6.28. The number of carbonyl (C=O) groups excluding carboxylic acids is 2. The number of hydrogen-bond acceptors (Lipinski definition) is 3. The average molecular weight is 342 g/mol. The van der Waals surface area contributed by atoms with Crippen LogP contribution < -0.4 is 15.4 Å². The van der Waals surface area contributed by atoms with Gasteiger partial charge in [0.25, 0.3) is 0 Å². The highest BCUT2D eigenvalue weighted by Crippen LogP contribution is 2.60. The van der Waals surface area contributed by atoms with E-state index >= 15 is 0 Å². The molecule has 0 radical (unpaired) electrons. The summed E-state index contributed by atoms with van der Waals surface area (Å²) in [5.41, 5.74) is 0.471. The highest BCUT2D eigenvalue weighted by Gasteiger charge is 2.54. The smallest absolute Gasteiger partial charge is 0.243 e. The van der Waals surface area contributed by atoms with E-state index in [0.717, 1.165) is 37.0 Å². The molecule has 0 aliphatic heterocycles. The molecular formula is C20H26N2O3. The highest BCUT2D eigenvalue weighted by atomic mass is 16.5. The topological polar surface area (TPSA) is 67.4 Å². The maximum absolute atomic E-state index is 12.8. The highest BCUT2D eigenvalue weighted by molar-refractivity contribution is 5.95. The van der Waals surface area contributed by atoms with Crippen molar-refractivity contribution in [3.05, 3.63) is 24.3 Å². The Bertz CT molecular complexity index is 650. The van der Waals surface area contributed by atoms with Gasteiger partial charge in [0.1, 0.15) is 5.75 Å². The molecule has 25 heavy (non-hydrogen) atoms. The van der Waals surface area contributed by atoms with Gasteiger partial charge in [-0.05, 0) is 68.4 Å². The average Bonchev–Trinajstić information content (AvgIpc) is 2.58. The standard InChI is InChI=1S/C20H26N2O3/c1-25-17-4-2-3-16(8-17)22-18(23)12-21-19(24)20-9-13-5-14(10-20)7-15(6-13)11-20/h2-4,8,13-15H,5-7,9-12H2,1H3,(H,21,24)(H,22,23). The number of nitrogens with one attached hydrogen (secondary N) is 2. The Morgan fingerprint density at radius 3 is 2.36 bits per heavy atom. The summed E-state index contributed by atoms with van der Waals surface area (Å²) in [7, 11) is 1.59. The van der Waals surface area contributed by atoms with Gasteiger partial charge in [0, 0.05) is 17.2 Å². The van der Waals surface area contributed by atoms with Crippen LogP contribution in [0.1, 0.15) is 38.5 Å². The van der Waals surface area contributed by atoms with Crippen molar-refractivity contribution in [3.8, 4) is 5.75 Å². The van der Waals surface area contributed by atoms with Gasteiger partial charge in [-0.2, -0.15) is 0 Å². The van der Waals surface area contributed by atoms with Gasteiger partial charge in [-0.25, -0.2) is 0 Å². The molecule has 4 aliphatic rings. The van der Waals surface area contributed by atoms with Crippen molar-refractivity contribution in [1.29, 1.82) is 0 Å². The van der Waals surface area contributed by atoms with E-state index in [1.807, 2.05) is 12.1 Å². The monoisotopic (exact) mass is 342 g/mol. The molecule has 5 nitrogen and oxygen atoms in total. The predicted molar refractivity (Wildman–Crippen MR) is 95.2 cm³/mol. The summed E-state index contributed by atoms with van der Waals surface area (Å²) < 4.78 is 5.15. The molecule has 0 spiro atoms. The summed E-state index contributed by atoms with van der Waals surface area (Å²) in [6, 6.07) is 7.22. The van der Waals surface area contributed by atoms with Crippen LogP contribution in [0.15, 0.2) is 24.3 Å². The van der Waals surface area contributed by atoms with Crippen molar-refractivity contribution < 1.29 is 14.3 Å². The molecular weight excluding hydrogens is 316 g/mol. The van der Waals surface area contributed by atoms with E-state index in [2.05, 4.69) is 10.6 Å². The molecule has 0 aromatic heterocycles. The minimum absolute atomic E-state index is 0.0256. The summed E-state index contributed by atoms with van der Waals surface area (Å²) in [6.45, 7) is 0.0256. The molecule has 4 fully saturated rings. The Balaban J connectivity index is 1.33. The second kappa shape index (κ2) is 6.36. The quantitative estimate of drug-likeness (QED) is 0.864. The fourth-order valence-electron chi connectivity index (χ4n) is 5.64. The van der Waals surface area contributed by atoms with Crippen LogP contribution in [-0.4, -0.2) is 25.5 Å². The van der Waals surface area contributed by atoms with Crippen molar-refractivity contribution in [3.63, 3.8) is 0 Å². The summed E-state index contributed by atoms with van der Waals surface area (Å²) >= 11 is 0. The van der Waals surface area contributed by atoms with E-state index in [1.54, 1.807) is 19.2 Å².